The number of nitrogens with zero attached hydrogens (tertiary/aromatic N) is 4. The smallest absolute Gasteiger partial charge is 0.314 e. The number of rotatable bonds is 6. The fourth-order valence-corrected chi connectivity index (χ4v) is 5.66. The fourth-order valence-electron chi connectivity index (χ4n) is 5.66. The van der Waals surface area contributed by atoms with Crippen LogP contribution >= 0.6 is 0 Å². The highest BCUT2D eigenvalue weighted by Crippen LogP contribution is 2.33. The molecule has 2 N–H and O–H groups in total. The Morgan fingerprint density at radius 2 is 1.61 bits per heavy atom. The van der Waals surface area contributed by atoms with Gasteiger partial charge in [-0.3, -0.25) is 9.69 Å². The molecule has 190 valence electrons. The zero-order valence-corrected chi connectivity index (χ0v) is 21.3. The summed E-state index contributed by atoms with van der Waals surface area (Å²) < 4.78 is 0. The molecule has 0 bridgehead atoms. The van der Waals surface area contributed by atoms with Crippen LogP contribution in [0, 0.1) is 23.2 Å². The number of carbonyl (C=O) groups excluding carboxylic acids is 2. The molecule has 36 heavy (non-hydrogen) atoms. The van der Waals surface area contributed by atoms with E-state index in [9.17, 15) is 14.9 Å². The van der Waals surface area contributed by atoms with Crippen LogP contribution in [0.5, 0.6) is 0 Å². The first-order valence-electron chi connectivity index (χ1n) is 13.0. The molecule has 2 aromatic carbocycles. The van der Waals surface area contributed by atoms with Gasteiger partial charge in [-0.2, -0.15) is 5.26 Å². The summed E-state index contributed by atoms with van der Waals surface area (Å²) >= 11 is 0. The van der Waals surface area contributed by atoms with Crippen LogP contribution in [0.15, 0.2) is 54.6 Å². The molecule has 7 heteroatoms. The molecule has 2 atom stereocenters. The molecule has 4 rings (SSSR count). The van der Waals surface area contributed by atoms with E-state index < -0.39 is 0 Å². The highest BCUT2D eigenvalue weighted by atomic mass is 16.2. The van der Waals surface area contributed by atoms with Crippen LogP contribution < -0.4 is 5.73 Å². The standard InChI is InChI=1S/C29H37N5O2/c1-21(2)26-20-33(16-17-34(26)27(35)18-22-12-14-32(15-13-22)29(31)36)28(24-6-4-3-5-7-24)25-10-8-23(19-30)9-11-25/h3-11,21-22,26,28H,12-18,20H2,1-2H3,(H2,31,36)/t26-,28?/m1/s1. The largest absolute Gasteiger partial charge is 0.351 e. The predicted molar refractivity (Wildman–Crippen MR) is 140 cm³/mol. The molecular formula is C29H37N5O2. The van der Waals surface area contributed by atoms with Gasteiger partial charge < -0.3 is 15.5 Å². The van der Waals surface area contributed by atoms with Gasteiger partial charge in [0, 0.05) is 45.2 Å². The monoisotopic (exact) mass is 487 g/mol. The summed E-state index contributed by atoms with van der Waals surface area (Å²) in [5, 5.41) is 9.24. The number of nitrogens with two attached hydrogens (primary N) is 1. The number of piperidine rings is 1. The van der Waals surface area contributed by atoms with Crippen molar-refractivity contribution in [3.05, 3.63) is 71.3 Å². The Balaban J connectivity index is 1.49. The summed E-state index contributed by atoms with van der Waals surface area (Å²) in [5.41, 5.74) is 8.44. The third kappa shape index (κ3) is 5.88. The Kier molecular flexibility index (Phi) is 8.27. The van der Waals surface area contributed by atoms with Crippen molar-refractivity contribution in [3.63, 3.8) is 0 Å². The van der Waals surface area contributed by atoms with Crippen molar-refractivity contribution in [3.8, 4) is 6.07 Å². The minimum atomic E-state index is -0.369. The summed E-state index contributed by atoms with van der Waals surface area (Å²) in [6.45, 7) is 7.94. The maximum absolute atomic E-state index is 13.5. The van der Waals surface area contributed by atoms with Gasteiger partial charge in [0.05, 0.1) is 17.7 Å². The fraction of sp³-hybridized carbons (Fsp3) is 0.483. The lowest BCUT2D eigenvalue weighted by Gasteiger charge is -2.47. The second-order valence-corrected chi connectivity index (χ2v) is 10.4. The first kappa shape index (κ1) is 25.7. The number of carbonyl (C=O) groups is 2. The molecule has 0 spiro atoms. The van der Waals surface area contributed by atoms with E-state index in [0.717, 1.165) is 31.5 Å². The number of nitriles is 1. The minimum absolute atomic E-state index is 0.0653. The van der Waals surface area contributed by atoms with Gasteiger partial charge in [0.2, 0.25) is 5.91 Å². The van der Waals surface area contributed by atoms with Crippen molar-refractivity contribution >= 4 is 11.9 Å². The van der Waals surface area contributed by atoms with Crippen LogP contribution in [0.25, 0.3) is 0 Å². The Labute approximate surface area is 214 Å². The zero-order valence-electron chi connectivity index (χ0n) is 21.3. The van der Waals surface area contributed by atoms with E-state index in [-0.39, 0.29) is 24.0 Å². The number of urea groups is 1. The van der Waals surface area contributed by atoms with Gasteiger partial charge >= 0.3 is 6.03 Å². The van der Waals surface area contributed by atoms with Gasteiger partial charge in [-0.25, -0.2) is 4.79 Å². The maximum atomic E-state index is 13.5. The lowest BCUT2D eigenvalue weighted by Crippen LogP contribution is -2.58. The molecular weight excluding hydrogens is 450 g/mol. The third-order valence-electron chi connectivity index (χ3n) is 7.77. The number of benzene rings is 2. The predicted octanol–water partition coefficient (Wildman–Crippen LogP) is 4.00. The summed E-state index contributed by atoms with van der Waals surface area (Å²) in [4.78, 5) is 31.1. The first-order chi connectivity index (χ1) is 17.4. The van der Waals surface area contributed by atoms with Crippen molar-refractivity contribution in [2.45, 2.75) is 45.2 Å². The molecule has 1 unspecified atom stereocenters. The van der Waals surface area contributed by atoms with E-state index in [2.05, 4.69) is 66.1 Å². The SMILES string of the molecule is CC(C)[C@H]1CN(C(c2ccccc2)c2ccc(C#N)cc2)CCN1C(=O)CC1CCN(C(N)=O)CC1. The van der Waals surface area contributed by atoms with Crippen molar-refractivity contribution in [2.24, 2.45) is 17.6 Å². The molecule has 2 aliphatic heterocycles. The van der Waals surface area contributed by atoms with E-state index in [4.69, 9.17) is 5.73 Å². The van der Waals surface area contributed by atoms with Crippen molar-refractivity contribution in [2.75, 3.05) is 32.7 Å². The van der Waals surface area contributed by atoms with Crippen LogP contribution in [0.4, 0.5) is 4.79 Å². The van der Waals surface area contributed by atoms with Gasteiger partial charge in [0.15, 0.2) is 0 Å². The highest BCUT2D eigenvalue weighted by molar-refractivity contribution is 5.77. The lowest BCUT2D eigenvalue weighted by molar-refractivity contribution is -0.139. The number of likely N-dealkylation sites (tertiary alicyclic amines) is 1. The Hall–Kier alpha value is -3.37. The summed E-state index contributed by atoms with van der Waals surface area (Å²) in [5.74, 6) is 0.848. The van der Waals surface area contributed by atoms with E-state index in [1.807, 2.05) is 18.2 Å². The number of hydrogen-bond acceptors (Lipinski definition) is 4. The summed E-state index contributed by atoms with van der Waals surface area (Å²) in [6.07, 6.45) is 2.19. The quantitative estimate of drug-likeness (QED) is 0.667. The molecule has 0 saturated carbocycles. The second-order valence-electron chi connectivity index (χ2n) is 10.4. The maximum Gasteiger partial charge on any atom is 0.314 e. The molecule has 2 fully saturated rings. The van der Waals surface area contributed by atoms with Gasteiger partial charge in [-0.05, 0) is 47.9 Å². The number of primary amides is 1. The molecule has 2 heterocycles. The van der Waals surface area contributed by atoms with E-state index in [0.29, 0.717) is 43.5 Å². The Bertz CT molecular complexity index is 1070. The van der Waals surface area contributed by atoms with Gasteiger partial charge in [0.25, 0.3) is 0 Å². The molecule has 2 aromatic rings. The average molecular weight is 488 g/mol. The topological polar surface area (TPSA) is 93.7 Å². The molecule has 3 amide bonds. The van der Waals surface area contributed by atoms with Crippen molar-refractivity contribution < 1.29 is 9.59 Å². The molecule has 2 saturated heterocycles. The van der Waals surface area contributed by atoms with Crippen LogP contribution in [0.3, 0.4) is 0 Å². The van der Waals surface area contributed by atoms with Gasteiger partial charge in [-0.15, -0.1) is 0 Å². The van der Waals surface area contributed by atoms with E-state index >= 15 is 0 Å². The number of hydrogen-bond donors (Lipinski definition) is 1. The Morgan fingerprint density at radius 3 is 2.19 bits per heavy atom. The van der Waals surface area contributed by atoms with Crippen LogP contribution in [-0.4, -0.2) is 65.4 Å². The zero-order chi connectivity index (χ0) is 25.7. The van der Waals surface area contributed by atoms with Crippen LogP contribution in [-0.2, 0) is 4.79 Å². The second kappa shape index (κ2) is 11.6. The van der Waals surface area contributed by atoms with Gasteiger partial charge in [0.1, 0.15) is 0 Å². The van der Waals surface area contributed by atoms with E-state index in [1.165, 1.54) is 5.56 Å². The molecule has 2 aliphatic rings. The lowest BCUT2D eigenvalue weighted by atomic mass is 9.90. The summed E-state index contributed by atoms with van der Waals surface area (Å²) in [6, 6.07) is 20.4. The summed E-state index contributed by atoms with van der Waals surface area (Å²) in [7, 11) is 0. The molecule has 0 aliphatic carbocycles. The molecule has 0 radical (unpaired) electrons. The number of piperazine rings is 1. The number of amides is 3. The van der Waals surface area contributed by atoms with Gasteiger partial charge in [-0.1, -0.05) is 56.3 Å². The first-order valence-corrected chi connectivity index (χ1v) is 13.0. The Morgan fingerprint density at radius 1 is 0.972 bits per heavy atom. The third-order valence-corrected chi connectivity index (χ3v) is 7.77. The average Bonchev–Trinajstić information content (AvgIpc) is 2.90. The molecule has 7 nitrogen and oxygen atoms in total. The highest BCUT2D eigenvalue weighted by Gasteiger charge is 2.37. The van der Waals surface area contributed by atoms with Crippen molar-refractivity contribution in [1.82, 2.24) is 14.7 Å². The normalized spacial score (nSPS) is 20.2. The van der Waals surface area contributed by atoms with Crippen molar-refractivity contribution in [1.29, 1.82) is 5.26 Å². The minimum Gasteiger partial charge on any atom is -0.351 e. The van der Waals surface area contributed by atoms with Crippen LogP contribution in [0.1, 0.15) is 55.8 Å². The van der Waals surface area contributed by atoms with E-state index in [1.54, 1.807) is 4.90 Å². The van der Waals surface area contributed by atoms with Crippen LogP contribution in [0.2, 0.25) is 0 Å². The molecule has 0 aromatic heterocycles.